The first-order valence-corrected chi connectivity index (χ1v) is 11.6. The second-order valence-electron chi connectivity index (χ2n) is 8.00. The number of esters is 1. The van der Waals surface area contributed by atoms with Crippen LogP contribution >= 0.6 is 11.8 Å². The third kappa shape index (κ3) is 7.47. The average Bonchev–Trinajstić information content (AvgIpc) is 3.11. The first kappa shape index (κ1) is 27.1. The molecule has 0 aliphatic carbocycles. The number of likely N-dealkylation sites (tertiary alicyclic amines) is 1. The van der Waals surface area contributed by atoms with Gasteiger partial charge in [-0.15, -0.1) is 0 Å². The molecule has 0 unspecified atom stereocenters. The SMILES string of the molecule is CCOC(=O)CN=C1NC(=O)SC1=CC1CCN(Cc2ccc(C(F)(F)F)cc2C(F)(F)F)CC1. The van der Waals surface area contributed by atoms with Crippen LogP contribution in [0.5, 0.6) is 0 Å². The summed E-state index contributed by atoms with van der Waals surface area (Å²) in [5.74, 6) is -0.237. The maximum absolute atomic E-state index is 13.4. The van der Waals surface area contributed by atoms with Crippen LogP contribution in [0.25, 0.3) is 0 Å². The number of piperidine rings is 1. The van der Waals surface area contributed by atoms with Crippen molar-refractivity contribution in [2.24, 2.45) is 10.9 Å². The Kier molecular flexibility index (Phi) is 8.52. The Hall–Kier alpha value is -2.54. The fourth-order valence-electron chi connectivity index (χ4n) is 3.80. The van der Waals surface area contributed by atoms with Gasteiger partial charge in [0.1, 0.15) is 12.4 Å². The van der Waals surface area contributed by atoms with Gasteiger partial charge in [-0.05, 0) is 68.2 Å². The molecule has 2 aliphatic heterocycles. The number of nitrogens with one attached hydrogen (secondary N) is 1. The monoisotopic (exact) mass is 523 g/mol. The second kappa shape index (κ2) is 11.0. The summed E-state index contributed by atoms with van der Waals surface area (Å²) in [6, 6.07) is 1.71. The number of halogens is 6. The highest BCUT2D eigenvalue weighted by atomic mass is 32.2. The van der Waals surface area contributed by atoms with Gasteiger partial charge in [0.05, 0.1) is 22.6 Å². The molecule has 1 amide bonds. The van der Waals surface area contributed by atoms with Gasteiger partial charge in [-0.25, -0.2) is 0 Å². The molecule has 0 atom stereocenters. The topological polar surface area (TPSA) is 71.0 Å². The molecule has 192 valence electrons. The highest BCUT2D eigenvalue weighted by molar-refractivity contribution is 8.18. The predicted molar refractivity (Wildman–Crippen MR) is 118 cm³/mol. The molecule has 0 radical (unpaired) electrons. The van der Waals surface area contributed by atoms with Crippen molar-refractivity contribution < 1.29 is 40.7 Å². The lowest BCUT2D eigenvalue weighted by Crippen LogP contribution is -2.33. The fourth-order valence-corrected chi connectivity index (χ4v) is 4.62. The van der Waals surface area contributed by atoms with Gasteiger partial charge >= 0.3 is 18.3 Å². The van der Waals surface area contributed by atoms with Gasteiger partial charge in [0.15, 0.2) is 0 Å². The van der Waals surface area contributed by atoms with Crippen molar-refractivity contribution in [2.75, 3.05) is 26.2 Å². The minimum Gasteiger partial charge on any atom is -0.465 e. The minimum absolute atomic E-state index is 0.0175. The molecular weight excluding hydrogens is 500 g/mol. The number of amidine groups is 1. The van der Waals surface area contributed by atoms with E-state index in [9.17, 15) is 35.9 Å². The van der Waals surface area contributed by atoms with E-state index >= 15 is 0 Å². The molecule has 6 nitrogen and oxygen atoms in total. The van der Waals surface area contributed by atoms with Crippen LogP contribution in [0.4, 0.5) is 31.1 Å². The number of amides is 1. The molecule has 3 rings (SSSR count). The van der Waals surface area contributed by atoms with Crippen molar-refractivity contribution in [1.29, 1.82) is 0 Å². The normalized spacial score (nSPS) is 20.5. The molecule has 13 heteroatoms. The van der Waals surface area contributed by atoms with Crippen LogP contribution in [0, 0.1) is 5.92 Å². The molecule has 35 heavy (non-hydrogen) atoms. The summed E-state index contributed by atoms with van der Waals surface area (Å²) in [5.41, 5.74) is -2.83. The fraction of sp³-hybridized carbons (Fsp3) is 0.500. The van der Waals surface area contributed by atoms with Crippen LogP contribution in [0.15, 0.2) is 34.2 Å². The Morgan fingerprint density at radius 3 is 2.49 bits per heavy atom. The van der Waals surface area contributed by atoms with Gasteiger partial charge in [0.25, 0.3) is 5.24 Å². The predicted octanol–water partition coefficient (Wildman–Crippen LogP) is 5.24. The number of carbonyl (C=O) groups is 2. The number of hydrogen-bond acceptors (Lipinski definition) is 6. The maximum Gasteiger partial charge on any atom is 0.416 e. The van der Waals surface area contributed by atoms with E-state index in [0.29, 0.717) is 36.9 Å². The van der Waals surface area contributed by atoms with E-state index in [2.05, 4.69) is 10.3 Å². The molecule has 2 aliphatic rings. The number of hydrogen-bond donors (Lipinski definition) is 1. The molecule has 2 saturated heterocycles. The summed E-state index contributed by atoms with van der Waals surface area (Å²) in [4.78, 5) is 29.7. The molecule has 0 spiro atoms. The molecule has 2 fully saturated rings. The molecule has 2 heterocycles. The van der Waals surface area contributed by atoms with Gasteiger partial charge in [-0.3, -0.25) is 19.5 Å². The number of nitrogens with zero attached hydrogens (tertiary/aromatic N) is 2. The van der Waals surface area contributed by atoms with E-state index in [1.807, 2.05) is 6.08 Å². The zero-order valence-electron chi connectivity index (χ0n) is 18.6. The van der Waals surface area contributed by atoms with Crippen molar-refractivity contribution in [3.8, 4) is 0 Å². The molecule has 1 aromatic rings. The van der Waals surface area contributed by atoms with Crippen LogP contribution in [-0.2, 0) is 28.4 Å². The standard InChI is InChI=1S/C22H23F6N3O3S/c1-2-34-18(32)11-29-19-17(35-20(33)30-19)9-13-5-7-31(8-6-13)12-14-3-4-15(21(23,24)25)10-16(14)22(26,27)28/h3-4,9-10,13H,2,5-8,11-12H2,1H3,(H,29,30,33). The number of carbonyl (C=O) groups excluding carboxylic acids is 2. The molecule has 0 bridgehead atoms. The molecule has 0 aromatic heterocycles. The van der Waals surface area contributed by atoms with Gasteiger partial charge < -0.3 is 10.1 Å². The van der Waals surface area contributed by atoms with Gasteiger partial charge in [0, 0.05) is 6.54 Å². The van der Waals surface area contributed by atoms with Crippen molar-refractivity contribution >= 4 is 28.8 Å². The first-order valence-electron chi connectivity index (χ1n) is 10.8. The quantitative estimate of drug-likeness (QED) is 0.408. The Labute approximate surface area is 201 Å². The Bertz CT molecular complexity index is 1010. The van der Waals surface area contributed by atoms with E-state index in [1.54, 1.807) is 11.8 Å². The molecule has 1 aromatic carbocycles. The molecular formula is C22H23F6N3O3S. The highest BCUT2D eigenvalue weighted by Gasteiger charge is 2.38. The Morgan fingerprint density at radius 2 is 1.89 bits per heavy atom. The molecule has 0 saturated carbocycles. The average molecular weight is 523 g/mol. The van der Waals surface area contributed by atoms with E-state index in [1.165, 1.54) is 0 Å². The summed E-state index contributed by atoms with van der Waals surface area (Å²) >= 11 is 0.941. The highest BCUT2D eigenvalue weighted by Crippen LogP contribution is 2.38. The Balaban J connectivity index is 1.65. The zero-order valence-corrected chi connectivity index (χ0v) is 19.4. The van der Waals surface area contributed by atoms with Crippen molar-refractivity contribution in [3.63, 3.8) is 0 Å². The maximum atomic E-state index is 13.4. The van der Waals surface area contributed by atoms with E-state index in [4.69, 9.17) is 4.74 Å². The first-order chi connectivity index (χ1) is 16.4. The van der Waals surface area contributed by atoms with Crippen molar-refractivity contribution in [1.82, 2.24) is 10.2 Å². The van der Waals surface area contributed by atoms with E-state index in [0.717, 1.165) is 17.8 Å². The second-order valence-corrected chi connectivity index (χ2v) is 9.01. The number of alkyl halides is 6. The van der Waals surface area contributed by atoms with E-state index in [-0.39, 0.29) is 48.3 Å². The smallest absolute Gasteiger partial charge is 0.416 e. The van der Waals surface area contributed by atoms with Crippen LogP contribution < -0.4 is 5.32 Å². The van der Waals surface area contributed by atoms with Gasteiger partial charge in [-0.2, -0.15) is 26.3 Å². The lowest BCUT2D eigenvalue weighted by atomic mass is 9.95. The van der Waals surface area contributed by atoms with Crippen molar-refractivity contribution in [2.45, 2.75) is 38.7 Å². The summed E-state index contributed by atoms with van der Waals surface area (Å²) in [6.07, 6.45) is -6.77. The minimum atomic E-state index is -4.90. The van der Waals surface area contributed by atoms with Crippen molar-refractivity contribution in [3.05, 3.63) is 45.9 Å². The summed E-state index contributed by atoms with van der Waals surface area (Å²) in [5, 5.41) is 2.23. The van der Waals surface area contributed by atoms with Crippen LogP contribution in [0.3, 0.4) is 0 Å². The third-order valence-corrected chi connectivity index (χ3v) is 6.32. The van der Waals surface area contributed by atoms with E-state index < -0.39 is 29.4 Å². The van der Waals surface area contributed by atoms with Crippen LogP contribution in [-0.4, -0.2) is 48.2 Å². The summed E-state index contributed by atoms with van der Waals surface area (Å²) in [7, 11) is 0. The number of ether oxygens (including phenoxy) is 1. The van der Waals surface area contributed by atoms with Gasteiger partial charge in [-0.1, -0.05) is 12.1 Å². The number of rotatable bonds is 6. The molecule has 1 N–H and O–H groups in total. The lowest BCUT2D eigenvalue weighted by molar-refractivity contribution is -0.144. The number of benzene rings is 1. The number of thioether (sulfide) groups is 1. The number of allylic oxidation sites excluding steroid dienone is 1. The zero-order chi connectivity index (χ0) is 25.8. The lowest BCUT2D eigenvalue weighted by Gasteiger charge is -2.31. The third-order valence-electron chi connectivity index (χ3n) is 5.48. The van der Waals surface area contributed by atoms with Crippen LogP contribution in [0.2, 0.25) is 0 Å². The van der Waals surface area contributed by atoms with Crippen LogP contribution in [0.1, 0.15) is 36.5 Å². The number of aliphatic imine (C=N–C) groups is 1. The summed E-state index contributed by atoms with van der Waals surface area (Å²) in [6.45, 7) is 2.36. The Morgan fingerprint density at radius 1 is 1.20 bits per heavy atom. The largest absolute Gasteiger partial charge is 0.465 e. The van der Waals surface area contributed by atoms with Gasteiger partial charge in [0.2, 0.25) is 0 Å². The summed E-state index contributed by atoms with van der Waals surface area (Å²) < 4.78 is 83.7.